The molecule has 0 radical (unpaired) electrons. The molecule has 0 fully saturated rings. The standard InChI is InChI=1S/C16H30N4O3/c1-6-16(7-2,11-21)10-17-8-12-9-18-20-13(12)19-14(22)23-15(3,4)5/h9,17,21H,6-8,10-11H2,1-5H3,(H2,18,19,20,22). The van der Waals surface area contributed by atoms with E-state index in [0.29, 0.717) is 18.9 Å². The summed E-state index contributed by atoms with van der Waals surface area (Å²) in [6.45, 7) is 11.0. The predicted molar refractivity (Wildman–Crippen MR) is 90.3 cm³/mol. The van der Waals surface area contributed by atoms with Crippen LogP contribution in [0.15, 0.2) is 6.20 Å². The van der Waals surface area contributed by atoms with Gasteiger partial charge < -0.3 is 15.2 Å². The summed E-state index contributed by atoms with van der Waals surface area (Å²) in [6.07, 6.45) is 2.95. The molecular weight excluding hydrogens is 296 g/mol. The second kappa shape index (κ2) is 8.31. The van der Waals surface area contributed by atoms with E-state index in [1.54, 1.807) is 6.20 Å². The number of ether oxygens (including phenoxy) is 1. The Morgan fingerprint density at radius 3 is 2.52 bits per heavy atom. The summed E-state index contributed by atoms with van der Waals surface area (Å²) in [6, 6.07) is 0. The lowest BCUT2D eigenvalue weighted by molar-refractivity contribution is 0.0635. The third-order valence-electron chi connectivity index (χ3n) is 3.99. The molecule has 1 heterocycles. The van der Waals surface area contributed by atoms with Crippen molar-refractivity contribution in [1.29, 1.82) is 0 Å². The Morgan fingerprint density at radius 2 is 2.00 bits per heavy atom. The maximum atomic E-state index is 11.8. The number of aromatic nitrogens is 2. The van der Waals surface area contributed by atoms with Crippen LogP contribution in [-0.4, -0.2) is 40.1 Å². The summed E-state index contributed by atoms with van der Waals surface area (Å²) in [5, 5.41) is 22.3. The second-order valence-corrected chi connectivity index (χ2v) is 6.87. The fraction of sp³-hybridized carbons (Fsp3) is 0.750. The Kier molecular flexibility index (Phi) is 7.02. The SMILES string of the molecule is CCC(CC)(CO)CNCc1cn[nH]c1NC(=O)OC(C)(C)C. The molecule has 0 atom stereocenters. The van der Waals surface area contributed by atoms with Crippen LogP contribution in [0.1, 0.15) is 53.0 Å². The predicted octanol–water partition coefficient (Wildman–Crippen LogP) is 2.65. The number of nitrogens with one attached hydrogen (secondary N) is 3. The monoisotopic (exact) mass is 326 g/mol. The molecule has 1 amide bonds. The molecule has 1 aromatic heterocycles. The number of aromatic amines is 1. The highest BCUT2D eigenvalue weighted by molar-refractivity contribution is 5.84. The van der Waals surface area contributed by atoms with Crippen LogP contribution in [0.3, 0.4) is 0 Å². The summed E-state index contributed by atoms with van der Waals surface area (Å²) in [4.78, 5) is 11.8. The molecule has 0 spiro atoms. The Hall–Kier alpha value is -1.60. The first-order valence-corrected chi connectivity index (χ1v) is 8.09. The van der Waals surface area contributed by atoms with Gasteiger partial charge in [0.25, 0.3) is 0 Å². The van der Waals surface area contributed by atoms with Crippen LogP contribution >= 0.6 is 0 Å². The molecular formula is C16H30N4O3. The van der Waals surface area contributed by atoms with Crippen LogP contribution < -0.4 is 10.6 Å². The third kappa shape index (κ3) is 6.19. The van der Waals surface area contributed by atoms with Gasteiger partial charge in [0.1, 0.15) is 11.4 Å². The Labute approximate surface area is 138 Å². The van der Waals surface area contributed by atoms with E-state index in [-0.39, 0.29) is 12.0 Å². The minimum absolute atomic E-state index is 0.109. The maximum Gasteiger partial charge on any atom is 0.413 e. The molecule has 1 aromatic rings. The van der Waals surface area contributed by atoms with Gasteiger partial charge >= 0.3 is 6.09 Å². The third-order valence-corrected chi connectivity index (χ3v) is 3.99. The van der Waals surface area contributed by atoms with Crippen LogP contribution in [0.5, 0.6) is 0 Å². The summed E-state index contributed by atoms with van der Waals surface area (Å²) >= 11 is 0. The van der Waals surface area contributed by atoms with Gasteiger partial charge in [0.2, 0.25) is 0 Å². The Bertz CT molecular complexity index is 481. The molecule has 0 aliphatic heterocycles. The smallest absolute Gasteiger partial charge is 0.413 e. The van der Waals surface area contributed by atoms with Crippen molar-refractivity contribution in [3.05, 3.63) is 11.8 Å². The van der Waals surface area contributed by atoms with E-state index in [1.807, 2.05) is 20.8 Å². The van der Waals surface area contributed by atoms with Crippen molar-refractivity contribution in [3.8, 4) is 0 Å². The van der Waals surface area contributed by atoms with Gasteiger partial charge in [-0.2, -0.15) is 5.10 Å². The maximum absolute atomic E-state index is 11.8. The summed E-state index contributed by atoms with van der Waals surface area (Å²) in [5.41, 5.74) is 0.184. The second-order valence-electron chi connectivity index (χ2n) is 6.87. The van der Waals surface area contributed by atoms with E-state index in [4.69, 9.17) is 4.74 Å². The first-order chi connectivity index (χ1) is 10.7. The molecule has 0 aliphatic carbocycles. The van der Waals surface area contributed by atoms with E-state index in [2.05, 4.69) is 34.7 Å². The van der Waals surface area contributed by atoms with Gasteiger partial charge in [0.05, 0.1) is 6.20 Å². The van der Waals surface area contributed by atoms with Crippen molar-refractivity contribution in [2.45, 2.75) is 59.6 Å². The number of carbonyl (C=O) groups is 1. The summed E-state index contributed by atoms with van der Waals surface area (Å²) < 4.78 is 5.23. The van der Waals surface area contributed by atoms with Gasteiger partial charge in [-0.15, -0.1) is 0 Å². The van der Waals surface area contributed by atoms with Gasteiger partial charge in [-0.3, -0.25) is 10.4 Å². The average Bonchev–Trinajstić information content (AvgIpc) is 2.89. The summed E-state index contributed by atoms with van der Waals surface area (Å²) in [7, 11) is 0. The molecule has 0 saturated carbocycles. The topological polar surface area (TPSA) is 99.3 Å². The largest absolute Gasteiger partial charge is 0.444 e. The number of nitrogens with zero attached hydrogens (tertiary/aromatic N) is 1. The number of rotatable bonds is 8. The number of aliphatic hydroxyl groups excluding tert-OH is 1. The number of hydrogen-bond acceptors (Lipinski definition) is 5. The molecule has 0 aromatic carbocycles. The summed E-state index contributed by atoms with van der Waals surface area (Å²) in [5.74, 6) is 0.523. The highest BCUT2D eigenvalue weighted by Gasteiger charge is 2.25. The lowest BCUT2D eigenvalue weighted by atomic mass is 9.83. The van der Waals surface area contributed by atoms with Gasteiger partial charge in [0.15, 0.2) is 0 Å². The van der Waals surface area contributed by atoms with Crippen molar-refractivity contribution < 1.29 is 14.6 Å². The van der Waals surface area contributed by atoms with Crippen LogP contribution in [0, 0.1) is 5.41 Å². The number of anilines is 1. The molecule has 0 saturated heterocycles. The van der Waals surface area contributed by atoms with Crippen molar-refractivity contribution in [3.63, 3.8) is 0 Å². The molecule has 0 bridgehead atoms. The lowest BCUT2D eigenvalue weighted by Gasteiger charge is -2.29. The molecule has 7 heteroatoms. The van der Waals surface area contributed by atoms with Crippen LogP contribution in [0.4, 0.5) is 10.6 Å². The van der Waals surface area contributed by atoms with E-state index in [9.17, 15) is 9.90 Å². The number of carbonyl (C=O) groups excluding carboxylic acids is 1. The molecule has 23 heavy (non-hydrogen) atoms. The number of aliphatic hydroxyl groups is 1. The van der Waals surface area contributed by atoms with Crippen LogP contribution in [0.25, 0.3) is 0 Å². The fourth-order valence-electron chi connectivity index (χ4n) is 2.20. The van der Waals surface area contributed by atoms with E-state index < -0.39 is 11.7 Å². The quantitative estimate of drug-likeness (QED) is 0.588. The van der Waals surface area contributed by atoms with Gasteiger partial charge in [-0.05, 0) is 33.6 Å². The fourth-order valence-corrected chi connectivity index (χ4v) is 2.20. The van der Waals surface area contributed by atoms with Gasteiger partial charge in [0, 0.05) is 30.7 Å². The van der Waals surface area contributed by atoms with Gasteiger partial charge in [-0.25, -0.2) is 4.79 Å². The highest BCUT2D eigenvalue weighted by Crippen LogP contribution is 2.24. The number of H-pyrrole nitrogens is 1. The normalized spacial score (nSPS) is 12.3. The molecule has 0 aliphatic rings. The molecule has 1 rings (SSSR count). The lowest BCUT2D eigenvalue weighted by Crippen LogP contribution is -2.36. The van der Waals surface area contributed by atoms with Gasteiger partial charge in [-0.1, -0.05) is 13.8 Å². The average molecular weight is 326 g/mol. The van der Waals surface area contributed by atoms with Crippen molar-refractivity contribution in [2.75, 3.05) is 18.5 Å². The molecule has 0 unspecified atom stereocenters. The molecule has 132 valence electrons. The number of amides is 1. The number of hydrogen-bond donors (Lipinski definition) is 4. The highest BCUT2D eigenvalue weighted by atomic mass is 16.6. The van der Waals surface area contributed by atoms with Crippen molar-refractivity contribution >= 4 is 11.9 Å². The van der Waals surface area contributed by atoms with Crippen LogP contribution in [-0.2, 0) is 11.3 Å². The van der Waals surface area contributed by atoms with E-state index in [0.717, 1.165) is 18.4 Å². The molecule has 4 N–H and O–H groups in total. The van der Waals surface area contributed by atoms with Crippen molar-refractivity contribution in [2.24, 2.45) is 5.41 Å². The Balaban J connectivity index is 2.57. The zero-order valence-electron chi connectivity index (χ0n) is 14.8. The van der Waals surface area contributed by atoms with Crippen LogP contribution in [0.2, 0.25) is 0 Å². The van der Waals surface area contributed by atoms with E-state index in [1.165, 1.54) is 0 Å². The zero-order chi connectivity index (χ0) is 17.5. The zero-order valence-corrected chi connectivity index (χ0v) is 14.8. The minimum atomic E-state index is -0.550. The Morgan fingerprint density at radius 1 is 1.35 bits per heavy atom. The first-order valence-electron chi connectivity index (χ1n) is 8.09. The molecule has 7 nitrogen and oxygen atoms in total. The van der Waals surface area contributed by atoms with Crippen molar-refractivity contribution in [1.82, 2.24) is 15.5 Å². The van der Waals surface area contributed by atoms with E-state index >= 15 is 0 Å². The minimum Gasteiger partial charge on any atom is -0.444 e. The first kappa shape index (κ1) is 19.4.